The molecule has 24 heavy (non-hydrogen) atoms. The summed E-state index contributed by atoms with van der Waals surface area (Å²) in [5.41, 5.74) is 2.45. The van der Waals surface area contributed by atoms with Crippen molar-refractivity contribution in [2.24, 2.45) is 0 Å². The summed E-state index contributed by atoms with van der Waals surface area (Å²) in [5, 5.41) is 16.5. The fourth-order valence-corrected chi connectivity index (χ4v) is 2.14. The number of carbonyl (C=O) groups is 2. The van der Waals surface area contributed by atoms with E-state index in [1.807, 2.05) is 19.1 Å². The Kier molecular flexibility index (Phi) is 6.23. The molecule has 2 amide bonds. The first-order valence-electron chi connectivity index (χ1n) is 7.56. The van der Waals surface area contributed by atoms with E-state index in [2.05, 4.69) is 30.9 Å². The van der Waals surface area contributed by atoms with E-state index in [1.165, 1.54) is 13.4 Å². The van der Waals surface area contributed by atoms with Crippen LogP contribution >= 0.6 is 0 Å². The van der Waals surface area contributed by atoms with Crippen molar-refractivity contribution in [2.45, 2.75) is 26.2 Å². The minimum atomic E-state index is -0.289. The highest BCUT2D eigenvalue weighted by atomic mass is 16.5. The summed E-state index contributed by atoms with van der Waals surface area (Å²) in [6, 6.07) is 5.16. The number of benzene rings is 1. The Bertz CT molecular complexity index is 687. The second-order valence-electron chi connectivity index (χ2n) is 5.17. The standard InChI is InChI=1S/C15H20N6O3/c1-11-9-12(6-7-13(11)21-10-17-19-20-21)18-15(23)16-8-4-3-5-14(22)24-2/h6-7,9-10H,3-5,8H2,1-2H3,(H2,16,18,23). The lowest BCUT2D eigenvalue weighted by Crippen LogP contribution is -2.29. The maximum Gasteiger partial charge on any atom is 0.319 e. The molecule has 9 heteroatoms. The predicted octanol–water partition coefficient (Wildman–Crippen LogP) is 1.44. The number of tetrazole rings is 1. The van der Waals surface area contributed by atoms with E-state index in [-0.39, 0.29) is 12.0 Å². The number of urea groups is 1. The molecule has 128 valence electrons. The van der Waals surface area contributed by atoms with Gasteiger partial charge in [-0.1, -0.05) is 0 Å². The van der Waals surface area contributed by atoms with E-state index < -0.39 is 0 Å². The highest BCUT2D eigenvalue weighted by molar-refractivity contribution is 5.89. The zero-order chi connectivity index (χ0) is 17.4. The highest BCUT2D eigenvalue weighted by Gasteiger charge is 2.06. The lowest BCUT2D eigenvalue weighted by atomic mass is 10.2. The number of unbranched alkanes of at least 4 members (excludes halogenated alkanes) is 1. The molecule has 0 aliphatic rings. The van der Waals surface area contributed by atoms with Crippen LogP contribution in [0.25, 0.3) is 5.69 Å². The third-order valence-electron chi connectivity index (χ3n) is 3.37. The summed E-state index contributed by atoms with van der Waals surface area (Å²) in [4.78, 5) is 22.8. The summed E-state index contributed by atoms with van der Waals surface area (Å²) in [6.07, 6.45) is 3.25. The van der Waals surface area contributed by atoms with Gasteiger partial charge in [0.05, 0.1) is 12.8 Å². The number of aromatic nitrogens is 4. The van der Waals surface area contributed by atoms with Gasteiger partial charge in [-0.3, -0.25) is 4.79 Å². The molecule has 0 atom stereocenters. The Labute approximate surface area is 139 Å². The number of carbonyl (C=O) groups excluding carboxylic acids is 2. The molecule has 0 saturated heterocycles. The molecule has 0 unspecified atom stereocenters. The van der Waals surface area contributed by atoms with Crippen LogP contribution in [0.1, 0.15) is 24.8 Å². The predicted molar refractivity (Wildman–Crippen MR) is 86.8 cm³/mol. The fraction of sp³-hybridized carbons (Fsp3) is 0.400. The number of anilines is 1. The smallest absolute Gasteiger partial charge is 0.319 e. The topological polar surface area (TPSA) is 111 Å². The zero-order valence-electron chi connectivity index (χ0n) is 13.7. The van der Waals surface area contributed by atoms with Crippen LogP contribution in [0.5, 0.6) is 0 Å². The number of aryl methyl sites for hydroxylation is 1. The van der Waals surface area contributed by atoms with Crippen molar-refractivity contribution in [1.82, 2.24) is 25.5 Å². The molecule has 0 saturated carbocycles. The number of hydrogen-bond donors (Lipinski definition) is 2. The maximum atomic E-state index is 11.8. The van der Waals surface area contributed by atoms with E-state index >= 15 is 0 Å². The van der Waals surface area contributed by atoms with E-state index in [4.69, 9.17) is 0 Å². The van der Waals surface area contributed by atoms with Crippen molar-refractivity contribution in [3.05, 3.63) is 30.1 Å². The number of nitrogens with zero attached hydrogens (tertiary/aromatic N) is 4. The Morgan fingerprint density at radius 3 is 2.79 bits per heavy atom. The summed E-state index contributed by atoms with van der Waals surface area (Å²) >= 11 is 0. The van der Waals surface area contributed by atoms with Crippen molar-refractivity contribution in [3.63, 3.8) is 0 Å². The summed E-state index contributed by atoms with van der Waals surface area (Å²) in [5.74, 6) is -0.238. The van der Waals surface area contributed by atoms with Crippen LogP contribution in [0.4, 0.5) is 10.5 Å². The number of amides is 2. The average molecular weight is 332 g/mol. The molecule has 0 aliphatic carbocycles. The van der Waals surface area contributed by atoms with Crippen LogP contribution in [0.15, 0.2) is 24.5 Å². The Hall–Kier alpha value is -2.97. The second kappa shape index (κ2) is 8.61. The number of hydrogen-bond acceptors (Lipinski definition) is 6. The van der Waals surface area contributed by atoms with Crippen molar-refractivity contribution < 1.29 is 14.3 Å². The monoisotopic (exact) mass is 332 g/mol. The van der Waals surface area contributed by atoms with Gasteiger partial charge in [-0.2, -0.15) is 0 Å². The first-order valence-corrected chi connectivity index (χ1v) is 7.56. The lowest BCUT2D eigenvalue weighted by Gasteiger charge is -2.10. The van der Waals surface area contributed by atoms with Gasteiger partial charge in [-0.15, -0.1) is 5.10 Å². The van der Waals surface area contributed by atoms with Crippen molar-refractivity contribution in [2.75, 3.05) is 19.0 Å². The van der Waals surface area contributed by atoms with E-state index in [0.717, 1.165) is 11.3 Å². The van der Waals surface area contributed by atoms with E-state index in [0.29, 0.717) is 31.5 Å². The zero-order valence-corrected chi connectivity index (χ0v) is 13.7. The van der Waals surface area contributed by atoms with Gasteiger partial charge in [0.25, 0.3) is 0 Å². The van der Waals surface area contributed by atoms with Crippen LogP contribution in [0.3, 0.4) is 0 Å². The van der Waals surface area contributed by atoms with Crippen LogP contribution in [0, 0.1) is 6.92 Å². The molecule has 2 rings (SSSR count). The molecule has 1 aromatic carbocycles. The first kappa shape index (κ1) is 17.4. The number of ether oxygens (including phenoxy) is 1. The first-order chi connectivity index (χ1) is 11.6. The minimum Gasteiger partial charge on any atom is -0.469 e. The Morgan fingerprint density at radius 2 is 2.12 bits per heavy atom. The van der Waals surface area contributed by atoms with Crippen molar-refractivity contribution in [3.8, 4) is 5.69 Å². The molecule has 0 fully saturated rings. The molecule has 2 aromatic rings. The highest BCUT2D eigenvalue weighted by Crippen LogP contribution is 2.17. The number of rotatable bonds is 7. The Balaban J connectivity index is 1.78. The summed E-state index contributed by atoms with van der Waals surface area (Å²) < 4.78 is 6.11. The van der Waals surface area contributed by atoms with E-state index in [1.54, 1.807) is 10.7 Å². The van der Waals surface area contributed by atoms with Crippen molar-refractivity contribution in [1.29, 1.82) is 0 Å². The van der Waals surface area contributed by atoms with Gasteiger partial charge >= 0.3 is 12.0 Å². The molecular weight excluding hydrogens is 312 g/mol. The van der Waals surface area contributed by atoms with Gasteiger partial charge in [-0.05, 0) is 54.0 Å². The number of esters is 1. The lowest BCUT2D eigenvalue weighted by molar-refractivity contribution is -0.140. The largest absolute Gasteiger partial charge is 0.469 e. The van der Waals surface area contributed by atoms with Gasteiger partial charge in [0.15, 0.2) is 0 Å². The quantitative estimate of drug-likeness (QED) is 0.586. The van der Waals surface area contributed by atoms with Gasteiger partial charge in [0, 0.05) is 18.7 Å². The molecule has 0 spiro atoms. The van der Waals surface area contributed by atoms with E-state index in [9.17, 15) is 9.59 Å². The number of methoxy groups -OCH3 is 1. The molecule has 0 aliphatic heterocycles. The van der Waals surface area contributed by atoms with Crippen molar-refractivity contribution >= 4 is 17.7 Å². The molecule has 0 bridgehead atoms. The maximum absolute atomic E-state index is 11.8. The molecule has 0 radical (unpaired) electrons. The minimum absolute atomic E-state index is 0.238. The third kappa shape index (κ3) is 5.04. The fourth-order valence-electron chi connectivity index (χ4n) is 2.14. The number of nitrogens with one attached hydrogen (secondary N) is 2. The molecular formula is C15H20N6O3. The molecule has 9 nitrogen and oxygen atoms in total. The van der Waals surface area contributed by atoms with Crippen LogP contribution in [-0.4, -0.2) is 45.9 Å². The van der Waals surface area contributed by atoms with Gasteiger partial charge in [-0.25, -0.2) is 9.48 Å². The summed E-state index contributed by atoms with van der Waals surface area (Å²) in [7, 11) is 1.36. The van der Waals surface area contributed by atoms with Gasteiger partial charge in [0.2, 0.25) is 0 Å². The molecule has 1 heterocycles. The average Bonchev–Trinajstić information content (AvgIpc) is 3.08. The summed E-state index contributed by atoms with van der Waals surface area (Å²) in [6.45, 7) is 2.40. The Morgan fingerprint density at radius 1 is 1.29 bits per heavy atom. The van der Waals surface area contributed by atoms with Gasteiger partial charge < -0.3 is 15.4 Å². The van der Waals surface area contributed by atoms with Crippen LogP contribution in [0.2, 0.25) is 0 Å². The van der Waals surface area contributed by atoms with Gasteiger partial charge in [0.1, 0.15) is 6.33 Å². The SMILES string of the molecule is COC(=O)CCCCNC(=O)Nc1ccc(-n2cnnn2)c(C)c1. The third-order valence-corrected chi connectivity index (χ3v) is 3.37. The second-order valence-corrected chi connectivity index (χ2v) is 5.17. The molecule has 1 aromatic heterocycles. The molecule has 2 N–H and O–H groups in total. The normalized spacial score (nSPS) is 10.2. The van der Waals surface area contributed by atoms with Crippen LogP contribution in [-0.2, 0) is 9.53 Å². The van der Waals surface area contributed by atoms with Crippen LogP contribution < -0.4 is 10.6 Å².